The number of carbonyl (C=O) groups is 2. The number of thiazole rings is 1. The number of amides is 3. The predicted molar refractivity (Wildman–Crippen MR) is 135 cm³/mol. The van der Waals surface area contributed by atoms with Crippen LogP contribution in [0.4, 0.5) is 9.93 Å². The molecule has 0 radical (unpaired) electrons. The van der Waals surface area contributed by atoms with Crippen LogP contribution in [0.15, 0.2) is 0 Å². The molecule has 9 nitrogen and oxygen atoms in total. The molecular formula is C25H40N4O5S. The van der Waals surface area contributed by atoms with Gasteiger partial charge in [-0.1, -0.05) is 13.8 Å². The fourth-order valence-corrected chi connectivity index (χ4v) is 7.57. The highest BCUT2D eigenvalue weighted by atomic mass is 32.1. The molecule has 0 aromatic carbocycles. The molecule has 2 fully saturated rings. The number of aliphatic hydroxyl groups excluding tert-OH is 2. The topological polar surface area (TPSA) is 115 Å². The molecular weight excluding hydrogens is 468 g/mol. The van der Waals surface area contributed by atoms with Crippen molar-refractivity contribution in [2.45, 2.75) is 65.4 Å². The number of aromatic nitrogens is 1. The second kappa shape index (κ2) is 10.3. The highest BCUT2D eigenvalue weighted by Gasteiger charge is 2.59. The summed E-state index contributed by atoms with van der Waals surface area (Å²) >= 11 is 1.46. The summed E-state index contributed by atoms with van der Waals surface area (Å²) in [6, 6.07) is -0.186. The lowest BCUT2D eigenvalue weighted by atomic mass is 9.47. The van der Waals surface area contributed by atoms with Crippen LogP contribution in [0.1, 0.15) is 63.4 Å². The summed E-state index contributed by atoms with van der Waals surface area (Å²) in [5.41, 5.74) is -0.0720. The maximum absolute atomic E-state index is 13.3. The van der Waals surface area contributed by atoms with E-state index in [9.17, 15) is 19.8 Å². The molecule has 5 atom stereocenters. The minimum absolute atomic E-state index is 0.00556. The zero-order chi connectivity index (χ0) is 25.4. The van der Waals surface area contributed by atoms with Gasteiger partial charge in [0.1, 0.15) is 0 Å². The van der Waals surface area contributed by atoms with E-state index in [-0.39, 0.29) is 35.8 Å². The molecule has 3 N–H and O–H groups in total. The molecule has 1 aliphatic heterocycles. The average Bonchev–Trinajstić information content (AvgIpc) is 3.26. The van der Waals surface area contributed by atoms with Crippen molar-refractivity contribution >= 4 is 28.4 Å². The van der Waals surface area contributed by atoms with Crippen molar-refractivity contribution in [3.63, 3.8) is 0 Å². The van der Waals surface area contributed by atoms with E-state index in [2.05, 4.69) is 12.2 Å². The Kier molecular flexibility index (Phi) is 7.76. The molecule has 3 aliphatic rings. The summed E-state index contributed by atoms with van der Waals surface area (Å²) in [5, 5.41) is 24.8. The van der Waals surface area contributed by atoms with E-state index in [4.69, 9.17) is 9.72 Å². The van der Waals surface area contributed by atoms with Crippen molar-refractivity contribution in [1.82, 2.24) is 14.8 Å². The van der Waals surface area contributed by atoms with E-state index >= 15 is 0 Å². The Labute approximate surface area is 211 Å². The molecule has 2 aliphatic carbocycles. The third-order valence-corrected chi connectivity index (χ3v) is 9.91. The standard InChI is InChI=1S/C25H40N4O5S/c1-5-28(6-2)20(32)13-16-21-17(14-18-24(16,3)8-7-19(31)25(18,4)15-30)35-22(26-21)27-23(33)29-9-11-34-12-10-29/h16,18-19,30-31H,5-15H2,1-4H3,(H,26,27,33). The third kappa shape index (κ3) is 4.70. The molecule has 1 aromatic rings. The number of nitrogens with one attached hydrogen (secondary N) is 1. The van der Waals surface area contributed by atoms with Crippen molar-refractivity contribution in [2.75, 3.05) is 51.3 Å². The van der Waals surface area contributed by atoms with Crippen LogP contribution in [0.3, 0.4) is 0 Å². The Morgan fingerprint density at radius 3 is 2.57 bits per heavy atom. The minimum Gasteiger partial charge on any atom is -0.396 e. The summed E-state index contributed by atoms with van der Waals surface area (Å²) in [7, 11) is 0. The number of urea groups is 1. The van der Waals surface area contributed by atoms with E-state index in [1.165, 1.54) is 11.3 Å². The second-order valence-electron chi connectivity index (χ2n) is 10.7. The number of rotatable bonds is 6. The van der Waals surface area contributed by atoms with Crippen molar-refractivity contribution < 1.29 is 24.5 Å². The van der Waals surface area contributed by atoms with Crippen LogP contribution in [0.5, 0.6) is 0 Å². The Bertz CT molecular complexity index is 931. The van der Waals surface area contributed by atoms with Gasteiger partial charge in [-0.05, 0) is 44.4 Å². The first-order valence-corrected chi connectivity index (χ1v) is 13.7. The number of hydrogen-bond donors (Lipinski definition) is 3. The van der Waals surface area contributed by atoms with Crippen molar-refractivity contribution in [1.29, 1.82) is 0 Å². The summed E-state index contributed by atoms with van der Waals surface area (Å²) in [6.45, 7) is 11.5. The van der Waals surface area contributed by atoms with E-state index in [1.807, 2.05) is 25.7 Å². The molecule has 0 bridgehead atoms. The molecule has 196 valence electrons. The highest BCUT2D eigenvalue weighted by Crippen LogP contribution is 2.62. The van der Waals surface area contributed by atoms with Crippen molar-refractivity contribution in [3.8, 4) is 0 Å². The number of morpholine rings is 1. The summed E-state index contributed by atoms with van der Waals surface area (Å²) in [6.07, 6.45) is 1.75. The van der Waals surface area contributed by atoms with Gasteiger partial charge >= 0.3 is 6.03 Å². The van der Waals surface area contributed by atoms with Crippen molar-refractivity contribution in [2.24, 2.45) is 16.7 Å². The lowest BCUT2D eigenvalue weighted by molar-refractivity contribution is -0.147. The zero-order valence-electron chi connectivity index (χ0n) is 21.4. The molecule has 3 amide bonds. The first kappa shape index (κ1) is 26.3. The molecule has 1 saturated heterocycles. The smallest absolute Gasteiger partial charge is 0.323 e. The SMILES string of the molecule is CCN(CC)C(=O)CC1c2nc(NC(=O)N3CCOCC3)sc2CC2C(C)(CO)C(O)CCC12C. The van der Waals surface area contributed by atoms with Gasteiger partial charge in [0, 0.05) is 48.8 Å². The lowest BCUT2D eigenvalue weighted by Gasteiger charge is -2.58. The normalized spacial score (nSPS) is 32.5. The van der Waals surface area contributed by atoms with Crippen LogP contribution in [0.2, 0.25) is 0 Å². The number of carbonyl (C=O) groups excluding carboxylic acids is 2. The van der Waals surface area contributed by atoms with Crippen molar-refractivity contribution in [3.05, 3.63) is 10.6 Å². The van der Waals surface area contributed by atoms with Gasteiger partial charge in [-0.15, -0.1) is 11.3 Å². The summed E-state index contributed by atoms with van der Waals surface area (Å²) in [4.78, 5) is 35.6. The van der Waals surface area contributed by atoms with Crippen LogP contribution in [0.25, 0.3) is 0 Å². The summed E-state index contributed by atoms with van der Waals surface area (Å²) < 4.78 is 5.35. The molecule has 0 spiro atoms. The fraction of sp³-hybridized carbons (Fsp3) is 0.800. The quantitative estimate of drug-likeness (QED) is 0.544. The Hall–Kier alpha value is -1.75. The van der Waals surface area contributed by atoms with Crippen LogP contribution in [0, 0.1) is 16.7 Å². The minimum atomic E-state index is -0.664. The monoisotopic (exact) mass is 508 g/mol. The van der Waals surface area contributed by atoms with E-state index < -0.39 is 11.5 Å². The van der Waals surface area contributed by atoms with Gasteiger partial charge in [0.05, 0.1) is 31.6 Å². The zero-order valence-corrected chi connectivity index (χ0v) is 22.2. The number of anilines is 1. The first-order chi connectivity index (χ1) is 16.7. The fourth-order valence-electron chi connectivity index (χ4n) is 6.52. The molecule has 2 heterocycles. The van der Waals surface area contributed by atoms with Gasteiger partial charge in [0.2, 0.25) is 5.91 Å². The van der Waals surface area contributed by atoms with Crippen LogP contribution < -0.4 is 5.32 Å². The number of hydrogen-bond acceptors (Lipinski definition) is 7. The van der Waals surface area contributed by atoms with Gasteiger partial charge in [-0.3, -0.25) is 10.1 Å². The molecule has 10 heteroatoms. The van der Waals surface area contributed by atoms with E-state index in [1.54, 1.807) is 4.90 Å². The summed E-state index contributed by atoms with van der Waals surface area (Å²) in [5.74, 6) is -0.0569. The van der Waals surface area contributed by atoms with Gasteiger partial charge in [0.15, 0.2) is 5.13 Å². The third-order valence-electron chi connectivity index (χ3n) is 8.90. The molecule has 1 saturated carbocycles. The Morgan fingerprint density at radius 1 is 1.26 bits per heavy atom. The van der Waals surface area contributed by atoms with Gasteiger partial charge in [-0.2, -0.15) is 0 Å². The van der Waals surface area contributed by atoms with Gasteiger partial charge in [0.25, 0.3) is 0 Å². The molecule has 4 rings (SSSR count). The number of aliphatic hydroxyl groups is 2. The average molecular weight is 509 g/mol. The highest BCUT2D eigenvalue weighted by molar-refractivity contribution is 7.15. The maximum atomic E-state index is 13.3. The Balaban J connectivity index is 1.69. The lowest BCUT2D eigenvalue weighted by Crippen LogP contribution is -2.57. The molecule has 35 heavy (non-hydrogen) atoms. The van der Waals surface area contributed by atoms with Gasteiger partial charge < -0.3 is 24.7 Å². The second-order valence-corrected chi connectivity index (χ2v) is 11.7. The van der Waals surface area contributed by atoms with Crippen LogP contribution in [-0.2, 0) is 16.0 Å². The number of nitrogens with zero attached hydrogens (tertiary/aromatic N) is 3. The van der Waals surface area contributed by atoms with E-state index in [0.717, 1.165) is 17.0 Å². The predicted octanol–water partition coefficient (Wildman–Crippen LogP) is 2.68. The van der Waals surface area contributed by atoms with Crippen LogP contribution in [-0.4, -0.2) is 89.0 Å². The number of fused-ring (bicyclic) bond motifs is 2. The number of ether oxygens (including phenoxy) is 1. The molecule has 5 unspecified atom stereocenters. The largest absolute Gasteiger partial charge is 0.396 e. The molecule has 1 aromatic heterocycles. The Morgan fingerprint density at radius 2 is 1.94 bits per heavy atom. The van der Waals surface area contributed by atoms with E-state index in [0.29, 0.717) is 63.8 Å². The van der Waals surface area contributed by atoms with Gasteiger partial charge in [-0.25, -0.2) is 9.78 Å². The maximum Gasteiger partial charge on any atom is 0.323 e. The van der Waals surface area contributed by atoms with Crippen LogP contribution >= 0.6 is 11.3 Å². The first-order valence-electron chi connectivity index (χ1n) is 12.9.